The minimum absolute atomic E-state index is 0.272. The second kappa shape index (κ2) is 8.18. The summed E-state index contributed by atoms with van der Waals surface area (Å²) >= 11 is 0. The van der Waals surface area contributed by atoms with Crippen molar-refractivity contribution in [2.45, 2.75) is 6.92 Å². The molecule has 3 aromatic rings. The molecule has 1 aromatic heterocycles. The largest absolute Gasteiger partial charge is 0.497 e. The number of anilines is 3. The molecule has 7 heteroatoms. The molecule has 0 radical (unpaired) electrons. The van der Waals surface area contributed by atoms with Crippen LogP contribution in [0.5, 0.6) is 11.5 Å². The fourth-order valence-electron chi connectivity index (χ4n) is 2.47. The van der Waals surface area contributed by atoms with Crippen LogP contribution < -0.4 is 20.1 Å². The Morgan fingerprint density at radius 2 is 1.78 bits per heavy atom. The monoisotopic (exact) mass is 364 g/mol. The van der Waals surface area contributed by atoms with Gasteiger partial charge in [0.25, 0.3) is 5.91 Å². The van der Waals surface area contributed by atoms with Gasteiger partial charge in [0, 0.05) is 24.1 Å². The molecule has 0 fully saturated rings. The number of benzene rings is 2. The topological polar surface area (TPSA) is 85.4 Å². The quantitative estimate of drug-likeness (QED) is 0.692. The number of rotatable bonds is 6. The molecule has 3 rings (SSSR count). The van der Waals surface area contributed by atoms with Crippen LogP contribution in [0.25, 0.3) is 0 Å². The SMILES string of the molecule is COc1ccc(OC)c(Nc2ncc(C(=O)Nc3cccc(C)c3)cn2)c1. The van der Waals surface area contributed by atoms with E-state index < -0.39 is 0 Å². The molecular formula is C20H20N4O3. The van der Waals surface area contributed by atoms with Crippen LogP contribution in [0.1, 0.15) is 15.9 Å². The number of hydrogen-bond donors (Lipinski definition) is 2. The first-order valence-corrected chi connectivity index (χ1v) is 8.28. The van der Waals surface area contributed by atoms with E-state index in [1.807, 2.05) is 31.2 Å². The third kappa shape index (κ3) is 4.52. The summed E-state index contributed by atoms with van der Waals surface area (Å²) in [6.07, 6.45) is 2.93. The third-order valence-corrected chi connectivity index (χ3v) is 3.84. The second-order valence-electron chi connectivity index (χ2n) is 5.81. The van der Waals surface area contributed by atoms with E-state index in [0.29, 0.717) is 28.7 Å². The summed E-state index contributed by atoms with van der Waals surface area (Å²) in [5.41, 5.74) is 2.81. The van der Waals surface area contributed by atoms with E-state index in [-0.39, 0.29) is 5.91 Å². The number of carbonyl (C=O) groups is 1. The van der Waals surface area contributed by atoms with Crippen molar-refractivity contribution in [3.63, 3.8) is 0 Å². The number of methoxy groups -OCH3 is 2. The van der Waals surface area contributed by atoms with Gasteiger partial charge in [0.2, 0.25) is 5.95 Å². The van der Waals surface area contributed by atoms with Crippen molar-refractivity contribution in [2.24, 2.45) is 0 Å². The molecule has 1 amide bonds. The number of aromatic nitrogens is 2. The fraction of sp³-hybridized carbons (Fsp3) is 0.150. The molecule has 0 saturated carbocycles. The van der Waals surface area contributed by atoms with Gasteiger partial charge in [0.1, 0.15) is 11.5 Å². The van der Waals surface area contributed by atoms with Crippen LogP contribution in [0.4, 0.5) is 17.3 Å². The zero-order chi connectivity index (χ0) is 19.2. The van der Waals surface area contributed by atoms with E-state index in [4.69, 9.17) is 9.47 Å². The molecule has 138 valence electrons. The number of amides is 1. The van der Waals surface area contributed by atoms with Crippen LogP contribution in [0.2, 0.25) is 0 Å². The lowest BCUT2D eigenvalue weighted by molar-refractivity contribution is 0.102. The smallest absolute Gasteiger partial charge is 0.258 e. The van der Waals surface area contributed by atoms with Gasteiger partial charge in [-0.15, -0.1) is 0 Å². The van der Waals surface area contributed by atoms with Crippen LogP contribution in [0.15, 0.2) is 54.9 Å². The lowest BCUT2D eigenvalue weighted by Crippen LogP contribution is -2.13. The first-order chi connectivity index (χ1) is 13.1. The molecule has 2 N–H and O–H groups in total. The molecular weight excluding hydrogens is 344 g/mol. The van der Waals surface area contributed by atoms with E-state index in [1.54, 1.807) is 32.4 Å². The predicted molar refractivity (Wildman–Crippen MR) is 104 cm³/mol. The molecule has 0 aliphatic rings. The highest BCUT2D eigenvalue weighted by atomic mass is 16.5. The minimum Gasteiger partial charge on any atom is -0.497 e. The summed E-state index contributed by atoms with van der Waals surface area (Å²) in [5, 5.41) is 5.89. The Labute approximate surface area is 157 Å². The van der Waals surface area contributed by atoms with Gasteiger partial charge >= 0.3 is 0 Å². The molecule has 27 heavy (non-hydrogen) atoms. The predicted octanol–water partition coefficient (Wildman–Crippen LogP) is 3.80. The van der Waals surface area contributed by atoms with Crippen molar-refractivity contribution in [3.8, 4) is 11.5 Å². The zero-order valence-electron chi connectivity index (χ0n) is 15.3. The van der Waals surface area contributed by atoms with Crippen LogP contribution in [-0.4, -0.2) is 30.1 Å². The number of hydrogen-bond acceptors (Lipinski definition) is 6. The third-order valence-electron chi connectivity index (χ3n) is 3.84. The van der Waals surface area contributed by atoms with E-state index in [1.165, 1.54) is 12.4 Å². The summed E-state index contributed by atoms with van der Waals surface area (Å²) in [4.78, 5) is 20.7. The van der Waals surface area contributed by atoms with Gasteiger partial charge in [-0.2, -0.15) is 0 Å². The van der Waals surface area contributed by atoms with Gasteiger partial charge in [0.05, 0.1) is 25.5 Å². The maximum atomic E-state index is 12.3. The number of nitrogens with zero attached hydrogens (tertiary/aromatic N) is 2. The summed E-state index contributed by atoms with van der Waals surface area (Å²) in [7, 11) is 3.16. The van der Waals surface area contributed by atoms with Crippen LogP contribution >= 0.6 is 0 Å². The number of nitrogens with one attached hydrogen (secondary N) is 2. The summed E-state index contributed by atoms with van der Waals surface area (Å²) < 4.78 is 10.5. The Kier molecular flexibility index (Phi) is 5.51. The van der Waals surface area contributed by atoms with Gasteiger partial charge in [-0.1, -0.05) is 12.1 Å². The van der Waals surface area contributed by atoms with Crippen LogP contribution in [0, 0.1) is 6.92 Å². The second-order valence-corrected chi connectivity index (χ2v) is 5.81. The minimum atomic E-state index is -0.272. The molecule has 7 nitrogen and oxygen atoms in total. The highest BCUT2D eigenvalue weighted by Gasteiger charge is 2.10. The Bertz CT molecular complexity index is 942. The Hall–Kier alpha value is -3.61. The summed E-state index contributed by atoms with van der Waals surface area (Å²) in [6.45, 7) is 1.96. The van der Waals surface area contributed by atoms with Crippen molar-refractivity contribution < 1.29 is 14.3 Å². The van der Waals surface area contributed by atoms with E-state index in [2.05, 4.69) is 20.6 Å². The highest BCUT2D eigenvalue weighted by Crippen LogP contribution is 2.30. The maximum absolute atomic E-state index is 12.3. The van der Waals surface area contributed by atoms with Gasteiger partial charge in [-0.25, -0.2) is 9.97 Å². The number of ether oxygens (including phenoxy) is 2. The van der Waals surface area contributed by atoms with Crippen molar-refractivity contribution in [1.29, 1.82) is 0 Å². The normalized spacial score (nSPS) is 10.2. The highest BCUT2D eigenvalue weighted by molar-refractivity contribution is 6.03. The summed E-state index contributed by atoms with van der Waals surface area (Å²) in [6, 6.07) is 12.9. The average Bonchev–Trinajstić information content (AvgIpc) is 2.68. The number of aryl methyl sites for hydroxylation is 1. The number of carbonyl (C=O) groups excluding carboxylic acids is 1. The van der Waals surface area contributed by atoms with Crippen molar-refractivity contribution in [1.82, 2.24) is 9.97 Å². The maximum Gasteiger partial charge on any atom is 0.258 e. The van der Waals surface area contributed by atoms with Crippen molar-refractivity contribution in [2.75, 3.05) is 24.9 Å². The molecule has 0 aliphatic carbocycles. The molecule has 0 spiro atoms. The van der Waals surface area contributed by atoms with Crippen LogP contribution in [0.3, 0.4) is 0 Å². The molecule has 0 unspecified atom stereocenters. The lowest BCUT2D eigenvalue weighted by atomic mass is 10.2. The lowest BCUT2D eigenvalue weighted by Gasteiger charge is -2.11. The van der Waals surface area contributed by atoms with Gasteiger partial charge in [0.15, 0.2) is 0 Å². The first kappa shape index (κ1) is 18.2. The molecule has 0 saturated heterocycles. The van der Waals surface area contributed by atoms with Gasteiger partial charge in [-0.05, 0) is 36.8 Å². The van der Waals surface area contributed by atoms with Gasteiger partial charge < -0.3 is 20.1 Å². The van der Waals surface area contributed by atoms with E-state index in [0.717, 1.165) is 11.3 Å². The Morgan fingerprint density at radius 1 is 1.00 bits per heavy atom. The Morgan fingerprint density at radius 3 is 2.44 bits per heavy atom. The Balaban J connectivity index is 1.73. The standard InChI is InChI=1S/C20H20N4O3/c1-13-5-4-6-15(9-13)23-19(25)14-11-21-20(22-12-14)24-17-10-16(26-2)7-8-18(17)27-3/h4-12H,1-3H3,(H,23,25)(H,21,22,24). The van der Waals surface area contributed by atoms with Crippen LogP contribution in [-0.2, 0) is 0 Å². The van der Waals surface area contributed by atoms with Gasteiger partial charge in [-0.3, -0.25) is 4.79 Å². The molecule has 1 heterocycles. The van der Waals surface area contributed by atoms with E-state index >= 15 is 0 Å². The van der Waals surface area contributed by atoms with Crippen molar-refractivity contribution in [3.05, 3.63) is 66.0 Å². The fourth-order valence-corrected chi connectivity index (χ4v) is 2.47. The van der Waals surface area contributed by atoms with E-state index in [9.17, 15) is 4.79 Å². The average molecular weight is 364 g/mol. The molecule has 0 bridgehead atoms. The first-order valence-electron chi connectivity index (χ1n) is 8.28. The summed E-state index contributed by atoms with van der Waals surface area (Å²) in [5.74, 6) is 1.37. The van der Waals surface area contributed by atoms with Crippen molar-refractivity contribution >= 4 is 23.2 Å². The molecule has 0 aliphatic heterocycles. The zero-order valence-corrected chi connectivity index (χ0v) is 15.3. The molecule has 2 aromatic carbocycles. The molecule has 0 atom stereocenters.